The van der Waals surface area contributed by atoms with Crippen LogP contribution in [0.4, 0.5) is 5.69 Å². The van der Waals surface area contributed by atoms with Gasteiger partial charge in [-0.1, -0.05) is 52.6 Å². The maximum atomic E-state index is 10.8. The topological polar surface area (TPSA) is 83.2 Å². The zero-order valence-corrected chi connectivity index (χ0v) is 18.0. The number of hydrogen-bond donors (Lipinski definition) is 0. The van der Waals surface area contributed by atoms with Gasteiger partial charge in [0.2, 0.25) is 0 Å². The highest BCUT2D eigenvalue weighted by Gasteiger charge is 2.12. The van der Waals surface area contributed by atoms with Crippen molar-refractivity contribution in [2.24, 2.45) is 5.16 Å². The van der Waals surface area contributed by atoms with Gasteiger partial charge in [0, 0.05) is 22.7 Å². The molecule has 7 nitrogen and oxygen atoms in total. The van der Waals surface area contributed by atoms with Gasteiger partial charge in [-0.3, -0.25) is 10.1 Å². The molecule has 0 unspecified atom stereocenters. The zero-order chi connectivity index (χ0) is 22.2. The lowest BCUT2D eigenvalue weighted by Crippen LogP contribution is -1.99. The van der Waals surface area contributed by atoms with Crippen molar-refractivity contribution in [3.05, 3.63) is 97.5 Å². The lowest BCUT2D eigenvalue weighted by atomic mass is 10.2. The molecule has 3 rings (SSSR count). The third-order valence-corrected chi connectivity index (χ3v) is 4.71. The summed E-state index contributed by atoms with van der Waals surface area (Å²) in [6.45, 7) is 0.387. The number of ether oxygens (including phenoxy) is 2. The molecule has 0 saturated heterocycles. The maximum absolute atomic E-state index is 10.8. The van der Waals surface area contributed by atoms with Gasteiger partial charge in [0.05, 0.1) is 23.3 Å². The van der Waals surface area contributed by atoms with Crippen LogP contribution in [0.2, 0.25) is 10.0 Å². The number of oxime groups is 1. The molecule has 3 aromatic carbocycles. The van der Waals surface area contributed by atoms with Crippen molar-refractivity contribution in [2.75, 3.05) is 7.11 Å². The first-order valence-corrected chi connectivity index (χ1v) is 9.85. The Hall–Kier alpha value is -3.29. The van der Waals surface area contributed by atoms with Crippen LogP contribution in [0, 0.1) is 10.1 Å². The van der Waals surface area contributed by atoms with Crippen LogP contribution in [-0.2, 0) is 18.1 Å². The number of benzene rings is 3. The van der Waals surface area contributed by atoms with Gasteiger partial charge in [-0.05, 0) is 35.4 Å². The number of hydrogen-bond acceptors (Lipinski definition) is 6. The Kier molecular flexibility index (Phi) is 7.70. The fourth-order valence-electron chi connectivity index (χ4n) is 2.66. The second kappa shape index (κ2) is 10.7. The number of nitrogens with zero attached hydrogens (tertiary/aromatic N) is 2. The van der Waals surface area contributed by atoms with Gasteiger partial charge in [0.1, 0.15) is 13.2 Å². The minimum Gasteiger partial charge on any atom is -0.493 e. The van der Waals surface area contributed by atoms with Crippen LogP contribution in [0.5, 0.6) is 11.5 Å². The largest absolute Gasteiger partial charge is 0.493 e. The first-order chi connectivity index (χ1) is 15.0. The van der Waals surface area contributed by atoms with Crippen LogP contribution in [0.15, 0.2) is 65.8 Å². The van der Waals surface area contributed by atoms with Gasteiger partial charge in [0.25, 0.3) is 5.69 Å². The summed E-state index contributed by atoms with van der Waals surface area (Å²) < 4.78 is 11.2. The van der Waals surface area contributed by atoms with Gasteiger partial charge >= 0.3 is 0 Å². The molecule has 0 fully saturated rings. The standard InChI is InChI=1S/C22H18Cl2N2O5/c1-29-21-11-17(12-25-31-14-16-3-2-4-19(9-16)26(27)28)10-20(24)22(21)30-13-15-5-7-18(23)8-6-15/h2-12H,13-14H2,1H3/b25-12-. The smallest absolute Gasteiger partial charge is 0.269 e. The van der Waals surface area contributed by atoms with Gasteiger partial charge in [-0.2, -0.15) is 0 Å². The van der Waals surface area contributed by atoms with Crippen molar-refractivity contribution < 1.29 is 19.2 Å². The van der Waals surface area contributed by atoms with Crippen molar-refractivity contribution >= 4 is 35.1 Å². The molecule has 0 aliphatic carbocycles. The molecular weight excluding hydrogens is 443 g/mol. The first-order valence-electron chi connectivity index (χ1n) is 9.09. The molecule has 0 aromatic heterocycles. The Balaban J connectivity index is 1.64. The fraction of sp³-hybridized carbons (Fsp3) is 0.136. The number of halogens is 2. The van der Waals surface area contributed by atoms with Crippen LogP contribution in [-0.4, -0.2) is 18.2 Å². The molecule has 0 heterocycles. The molecule has 31 heavy (non-hydrogen) atoms. The van der Waals surface area contributed by atoms with Gasteiger partial charge in [0.15, 0.2) is 11.5 Å². The zero-order valence-electron chi connectivity index (χ0n) is 16.5. The second-order valence-corrected chi connectivity index (χ2v) is 7.23. The molecule has 9 heteroatoms. The minimum atomic E-state index is -0.461. The van der Waals surface area contributed by atoms with E-state index in [9.17, 15) is 10.1 Å². The highest BCUT2D eigenvalue weighted by molar-refractivity contribution is 6.32. The molecule has 0 saturated carbocycles. The molecule has 3 aromatic rings. The molecule has 0 aliphatic heterocycles. The number of non-ortho nitro benzene ring substituents is 1. The van der Waals surface area contributed by atoms with Gasteiger partial charge in [-0.25, -0.2) is 0 Å². The summed E-state index contributed by atoms with van der Waals surface area (Å²) in [6, 6.07) is 16.8. The normalized spacial score (nSPS) is 10.8. The van der Waals surface area contributed by atoms with E-state index in [-0.39, 0.29) is 12.3 Å². The SMILES string of the molecule is COc1cc(/C=N\OCc2cccc([N+](=O)[O-])c2)cc(Cl)c1OCc1ccc(Cl)cc1. The fourth-order valence-corrected chi connectivity index (χ4v) is 3.06. The summed E-state index contributed by atoms with van der Waals surface area (Å²) in [7, 11) is 1.51. The second-order valence-electron chi connectivity index (χ2n) is 6.38. The number of methoxy groups -OCH3 is 1. The highest BCUT2D eigenvalue weighted by Crippen LogP contribution is 2.36. The van der Waals surface area contributed by atoms with E-state index in [1.807, 2.05) is 12.1 Å². The van der Waals surface area contributed by atoms with Crippen molar-refractivity contribution in [2.45, 2.75) is 13.2 Å². The number of nitro benzene ring substituents is 1. The number of rotatable bonds is 9. The lowest BCUT2D eigenvalue weighted by Gasteiger charge is -2.13. The van der Waals surface area contributed by atoms with Crippen LogP contribution in [0.1, 0.15) is 16.7 Å². The van der Waals surface area contributed by atoms with E-state index in [1.54, 1.807) is 36.4 Å². The van der Waals surface area contributed by atoms with Crippen molar-refractivity contribution in [3.63, 3.8) is 0 Å². The molecule has 0 amide bonds. The third kappa shape index (κ3) is 6.34. The molecule has 160 valence electrons. The monoisotopic (exact) mass is 460 g/mol. The molecule has 0 radical (unpaired) electrons. The highest BCUT2D eigenvalue weighted by atomic mass is 35.5. The van der Waals surface area contributed by atoms with E-state index in [0.29, 0.717) is 39.3 Å². The summed E-state index contributed by atoms with van der Waals surface area (Å²) in [5.74, 6) is 0.857. The van der Waals surface area contributed by atoms with E-state index >= 15 is 0 Å². The third-order valence-electron chi connectivity index (χ3n) is 4.18. The molecule has 0 bridgehead atoms. The lowest BCUT2D eigenvalue weighted by molar-refractivity contribution is -0.384. The minimum absolute atomic E-state index is 0.00390. The Labute approximate surface area is 188 Å². The summed E-state index contributed by atoms with van der Waals surface area (Å²) >= 11 is 12.3. The molecule has 0 atom stereocenters. The van der Waals surface area contributed by atoms with Crippen LogP contribution >= 0.6 is 23.2 Å². The predicted molar refractivity (Wildman–Crippen MR) is 119 cm³/mol. The average Bonchev–Trinajstić information content (AvgIpc) is 2.77. The quantitative estimate of drug-likeness (QED) is 0.220. The molecule has 0 aliphatic rings. The van der Waals surface area contributed by atoms with Gasteiger partial charge in [-0.15, -0.1) is 0 Å². The first kappa shape index (κ1) is 22.4. The van der Waals surface area contributed by atoms with Crippen LogP contribution < -0.4 is 9.47 Å². The van der Waals surface area contributed by atoms with E-state index in [0.717, 1.165) is 5.56 Å². The Morgan fingerprint density at radius 3 is 2.52 bits per heavy atom. The van der Waals surface area contributed by atoms with E-state index in [4.69, 9.17) is 37.5 Å². The molecular formula is C22H18Cl2N2O5. The van der Waals surface area contributed by atoms with Crippen molar-refractivity contribution in [3.8, 4) is 11.5 Å². The van der Waals surface area contributed by atoms with Crippen LogP contribution in [0.25, 0.3) is 0 Å². The number of nitro groups is 1. The molecule has 0 N–H and O–H groups in total. The van der Waals surface area contributed by atoms with E-state index in [2.05, 4.69) is 5.16 Å². The summed E-state index contributed by atoms with van der Waals surface area (Å²) in [4.78, 5) is 15.6. The van der Waals surface area contributed by atoms with E-state index in [1.165, 1.54) is 25.5 Å². The Morgan fingerprint density at radius 1 is 1.03 bits per heavy atom. The maximum Gasteiger partial charge on any atom is 0.269 e. The average molecular weight is 461 g/mol. The summed E-state index contributed by atoms with van der Waals surface area (Å²) in [6.07, 6.45) is 1.47. The van der Waals surface area contributed by atoms with E-state index < -0.39 is 4.92 Å². The molecule has 0 spiro atoms. The van der Waals surface area contributed by atoms with Crippen LogP contribution in [0.3, 0.4) is 0 Å². The summed E-state index contributed by atoms with van der Waals surface area (Å²) in [5, 5.41) is 15.7. The summed E-state index contributed by atoms with van der Waals surface area (Å²) in [5.41, 5.74) is 2.20. The van der Waals surface area contributed by atoms with Crippen molar-refractivity contribution in [1.29, 1.82) is 0 Å². The van der Waals surface area contributed by atoms with Crippen molar-refractivity contribution in [1.82, 2.24) is 0 Å². The van der Waals surface area contributed by atoms with Gasteiger partial charge < -0.3 is 14.3 Å². The Bertz CT molecular complexity index is 1090. The predicted octanol–water partition coefficient (Wildman–Crippen LogP) is 6.04. The Morgan fingerprint density at radius 2 is 1.81 bits per heavy atom.